The molecule has 0 spiro atoms. The summed E-state index contributed by atoms with van der Waals surface area (Å²) in [5, 5.41) is 2.16. The second kappa shape index (κ2) is 2.98. The van der Waals surface area contributed by atoms with Gasteiger partial charge in [0.2, 0.25) is 0 Å². The molecule has 1 aliphatic rings. The van der Waals surface area contributed by atoms with Crippen LogP contribution in [0.4, 0.5) is 0 Å². The average molecular weight is 153 g/mol. The SMILES string of the molecule is [B]C1=CC=c2ncccc2=CC1. The quantitative estimate of drug-likeness (QED) is 0.481. The van der Waals surface area contributed by atoms with Crippen LogP contribution in [0.2, 0.25) is 0 Å². The molecule has 2 radical (unpaired) electrons. The van der Waals surface area contributed by atoms with Crippen molar-refractivity contribution in [3.8, 4) is 0 Å². The van der Waals surface area contributed by atoms with Gasteiger partial charge in [0.1, 0.15) is 7.85 Å². The Labute approximate surface area is 72.6 Å². The van der Waals surface area contributed by atoms with Crippen molar-refractivity contribution in [3.63, 3.8) is 0 Å². The molecule has 2 rings (SSSR count). The van der Waals surface area contributed by atoms with E-state index in [1.807, 2.05) is 24.3 Å². The van der Waals surface area contributed by atoms with Crippen molar-refractivity contribution in [2.24, 2.45) is 0 Å². The van der Waals surface area contributed by atoms with Crippen LogP contribution in [0.25, 0.3) is 12.2 Å². The zero-order valence-electron chi connectivity index (χ0n) is 6.70. The van der Waals surface area contributed by atoms with E-state index in [0.29, 0.717) is 0 Å². The Morgan fingerprint density at radius 2 is 2.25 bits per heavy atom. The van der Waals surface area contributed by atoms with Crippen LogP contribution >= 0.6 is 0 Å². The normalized spacial score (nSPS) is 14.8. The molecule has 0 aromatic carbocycles. The first-order valence-electron chi connectivity index (χ1n) is 3.94. The van der Waals surface area contributed by atoms with E-state index in [1.54, 1.807) is 6.20 Å². The van der Waals surface area contributed by atoms with Crippen molar-refractivity contribution in [1.29, 1.82) is 0 Å². The lowest BCUT2D eigenvalue weighted by molar-refractivity contribution is 1.22. The zero-order valence-corrected chi connectivity index (χ0v) is 6.70. The summed E-state index contributed by atoms with van der Waals surface area (Å²) in [6.45, 7) is 0. The second-order valence-corrected chi connectivity index (χ2v) is 2.79. The van der Waals surface area contributed by atoms with E-state index < -0.39 is 0 Å². The summed E-state index contributed by atoms with van der Waals surface area (Å²) in [4.78, 5) is 4.23. The molecule has 1 aromatic rings. The van der Waals surface area contributed by atoms with E-state index in [1.165, 1.54) is 0 Å². The summed E-state index contributed by atoms with van der Waals surface area (Å²) in [5.74, 6) is 0. The van der Waals surface area contributed by atoms with Gasteiger partial charge in [0.05, 0.1) is 5.35 Å². The van der Waals surface area contributed by atoms with Gasteiger partial charge in [-0.1, -0.05) is 18.2 Å². The lowest BCUT2D eigenvalue weighted by atomic mass is 9.92. The molecule has 12 heavy (non-hydrogen) atoms. The van der Waals surface area contributed by atoms with Crippen LogP contribution in [0.15, 0.2) is 29.9 Å². The van der Waals surface area contributed by atoms with E-state index in [-0.39, 0.29) is 0 Å². The molecule has 0 unspecified atom stereocenters. The standard InChI is InChI=1S/C10H8BN/c11-9-4-3-8-2-1-7-12-10(8)6-5-9/h1-3,5-7H,4H2. The van der Waals surface area contributed by atoms with Gasteiger partial charge in [0.15, 0.2) is 0 Å². The number of nitrogens with zero attached hydrogens (tertiary/aromatic N) is 1. The molecule has 2 heteroatoms. The second-order valence-electron chi connectivity index (χ2n) is 2.79. The maximum Gasteiger partial charge on any atom is 0.108 e. The van der Waals surface area contributed by atoms with Crippen LogP contribution in [0.5, 0.6) is 0 Å². The number of hydrogen-bond acceptors (Lipinski definition) is 1. The van der Waals surface area contributed by atoms with Crippen LogP contribution in [-0.4, -0.2) is 12.8 Å². The predicted molar refractivity (Wildman–Crippen MR) is 50.9 cm³/mol. The fraction of sp³-hybridized carbons (Fsp3) is 0.100. The highest BCUT2D eigenvalue weighted by atomic mass is 14.6. The van der Waals surface area contributed by atoms with Gasteiger partial charge in [-0.15, -0.1) is 5.47 Å². The molecular weight excluding hydrogens is 145 g/mol. The maximum absolute atomic E-state index is 5.68. The van der Waals surface area contributed by atoms with Gasteiger partial charge in [0, 0.05) is 6.20 Å². The lowest BCUT2D eigenvalue weighted by Crippen LogP contribution is -2.26. The number of rotatable bonds is 0. The van der Waals surface area contributed by atoms with Crippen molar-refractivity contribution in [2.45, 2.75) is 6.42 Å². The van der Waals surface area contributed by atoms with Crippen LogP contribution < -0.4 is 10.6 Å². The van der Waals surface area contributed by atoms with Crippen molar-refractivity contribution < 1.29 is 0 Å². The zero-order chi connectivity index (χ0) is 8.39. The summed E-state index contributed by atoms with van der Waals surface area (Å²) in [6.07, 6.45) is 8.56. The molecule has 0 aliphatic heterocycles. The Morgan fingerprint density at radius 1 is 1.33 bits per heavy atom. The smallest absolute Gasteiger partial charge is 0.108 e. The molecule has 1 aliphatic carbocycles. The number of hydrogen-bond donors (Lipinski definition) is 0. The highest BCUT2D eigenvalue weighted by Crippen LogP contribution is 1.97. The fourth-order valence-electron chi connectivity index (χ4n) is 1.22. The molecule has 0 amide bonds. The van der Waals surface area contributed by atoms with E-state index in [4.69, 9.17) is 7.85 Å². The first-order valence-corrected chi connectivity index (χ1v) is 3.94. The molecule has 1 heterocycles. The molecule has 56 valence electrons. The average Bonchev–Trinajstić information content (AvgIpc) is 2.29. The molecule has 1 nitrogen and oxygen atoms in total. The Bertz CT molecular complexity index is 431. The first kappa shape index (κ1) is 7.35. The van der Waals surface area contributed by atoms with Crippen LogP contribution in [0, 0.1) is 0 Å². The van der Waals surface area contributed by atoms with E-state index >= 15 is 0 Å². The van der Waals surface area contributed by atoms with Gasteiger partial charge in [0.25, 0.3) is 0 Å². The molecular formula is C10H8BN. The third kappa shape index (κ3) is 1.33. The minimum absolute atomic E-state index is 0.815. The first-order chi connectivity index (χ1) is 5.86. The van der Waals surface area contributed by atoms with Crippen molar-refractivity contribution in [2.75, 3.05) is 0 Å². The van der Waals surface area contributed by atoms with Crippen molar-refractivity contribution >= 4 is 20.0 Å². The Balaban J connectivity index is 2.72. The van der Waals surface area contributed by atoms with E-state index in [9.17, 15) is 0 Å². The van der Waals surface area contributed by atoms with Crippen LogP contribution in [0.1, 0.15) is 6.42 Å². The summed E-state index contributed by atoms with van der Waals surface area (Å²) in [6, 6.07) is 3.98. The van der Waals surface area contributed by atoms with Gasteiger partial charge in [-0.3, -0.25) is 4.98 Å². The third-order valence-corrected chi connectivity index (χ3v) is 1.88. The van der Waals surface area contributed by atoms with E-state index in [0.717, 1.165) is 22.5 Å². The minimum atomic E-state index is 0.815. The fourth-order valence-corrected chi connectivity index (χ4v) is 1.22. The summed E-state index contributed by atoms with van der Waals surface area (Å²) in [7, 11) is 5.68. The molecule has 0 fully saturated rings. The van der Waals surface area contributed by atoms with Crippen LogP contribution in [-0.2, 0) is 0 Å². The monoisotopic (exact) mass is 153 g/mol. The predicted octanol–water partition coefficient (Wildman–Crippen LogP) is 0.0987. The Hall–Kier alpha value is -1.31. The minimum Gasteiger partial charge on any atom is -0.256 e. The molecule has 1 aromatic heterocycles. The van der Waals surface area contributed by atoms with Crippen LogP contribution in [0.3, 0.4) is 0 Å². The van der Waals surface area contributed by atoms with E-state index in [2.05, 4.69) is 11.1 Å². The number of aromatic nitrogens is 1. The molecule has 0 bridgehead atoms. The van der Waals surface area contributed by atoms with Gasteiger partial charge in [-0.05, 0) is 23.8 Å². The highest BCUT2D eigenvalue weighted by molar-refractivity contribution is 6.22. The largest absolute Gasteiger partial charge is 0.256 e. The van der Waals surface area contributed by atoms with Crippen molar-refractivity contribution in [1.82, 2.24) is 4.98 Å². The third-order valence-electron chi connectivity index (χ3n) is 1.88. The Kier molecular flexibility index (Phi) is 1.82. The topological polar surface area (TPSA) is 12.9 Å². The number of pyridine rings is 1. The summed E-state index contributed by atoms with van der Waals surface area (Å²) >= 11 is 0. The Morgan fingerprint density at radius 3 is 3.17 bits per heavy atom. The van der Waals surface area contributed by atoms with Gasteiger partial charge in [-0.25, -0.2) is 0 Å². The molecule has 0 saturated heterocycles. The summed E-state index contributed by atoms with van der Waals surface area (Å²) < 4.78 is 0. The van der Waals surface area contributed by atoms with Gasteiger partial charge in [-0.2, -0.15) is 0 Å². The number of allylic oxidation sites excluding steroid dienone is 2. The maximum atomic E-state index is 5.68. The lowest BCUT2D eigenvalue weighted by Gasteiger charge is -1.88. The van der Waals surface area contributed by atoms with Gasteiger partial charge >= 0.3 is 0 Å². The van der Waals surface area contributed by atoms with Gasteiger partial charge < -0.3 is 0 Å². The highest BCUT2D eigenvalue weighted by Gasteiger charge is 1.91. The molecule has 0 saturated carbocycles. The number of fused-ring (bicyclic) bond motifs is 1. The van der Waals surface area contributed by atoms with Crippen molar-refractivity contribution in [3.05, 3.63) is 40.4 Å². The molecule has 0 atom stereocenters. The molecule has 0 N–H and O–H groups in total. The summed E-state index contributed by atoms with van der Waals surface area (Å²) in [5.41, 5.74) is 0.882.